The fourth-order valence-corrected chi connectivity index (χ4v) is 2.53. The summed E-state index contributed by atoms with van der Waals surface area (Å²) < 4.78 is 82.1. The van der Waals surface area contributed by atoms with Crippen molar-refractivity contribution in [1.29, 1.82) is 0 Å². The zero-order valence-electron chi connectivity index (χ0n) is 16.0. The molecule has 0 bridgehead atoms. The summed E-state index contributed by atoms with van der Waals surface area (Å²) in [6.45, 7) is 3.04. The van der Waals surface area contributed by atoms with Crippen LogP contribution >= 0.6 is 0 Å². The van der Waals surface area contributed by atoms with Crippen molar-refractivity contribution in [3.05, 3.63) is 34.9 Å². The standard InChI is InChI=1S/C18H20F6N2O4/c1-3-30-16(29)9(2)4-13(15(25)28)26-14(27)7-10-5-11(17(19,20)21)8-12(6-10)18(22,23)24/h5-6,8-9,13H,3-4,7H2,1-2H3,(H2,25,28)(H,26,27)/t9-,13+/m0/s1. The average Bonchev–Trinajstić information content (AvgIpc) is 2.59. The first kappa shape index (κ1) is 25.2. The van der Waals surface area contributed by atoms with E-state index in [1.165, 1.54) is 6.92 Å². The molecular formula is C18H20F6N2O4. The molecule has 0 heterocycles. The minimum atomic E-state index is -5.06. The van der Waals surface area contributed by atoms with Gasteiger partial charge in [-0.15, -0.1) is 0 Å². The number of hydrogen-bond donors (Lipinski definition) is 2. The van der Waals surface area contributed by atoms with Gasteiger partial charge in [0.25, 0.3) is 0 Å². The van der Waals surface area contributed by atoms with Crippen molar-refractivity contribution in [1.82, 2.24) is 5.32 Å². The average molecular weight is 442 g/mol. The monoisotopic (exact) mass is 442 g/mol. The van der Waals surface area contributed by atoms with Gasteiger partial charge in [0.15, 0.2) is 0 Å². The molecular weight excluding hydrogens is 422 g/mol. The summed E-state index contributed by atoms with van der Waals surface area (Å²) in [7, 11) is 0. The minimum absolute atomic E-state index is 0.0609. The molecule has 2 amide bonds. The van der Waals surface area contributed by atoms with E-state index in [0.717, 1.165) is 0 Å². The number of nitrogens with one attached hydrogen (secondary N) is 1. The van der Waals surface area contributed by atoms with E-state index in [2.05, 4.69) is 5.32 Å². The van der Waals surface area contributed by atoms with Crippen molar-refractivity contribution < 1.29 is 45.5 Å². The topological polar surface area (TPSA) is 98.5 Å². The fraction of sp³-hybridized carbons (Fsp3) is 0.500. The summed E-state index contributed by atoms with van der Waals surface area (Å²) in [5.74, 6) is -3.57. The Morgan fingerprint density at radius 3 is 1.93 bits per heavy atom. The smallest absolute Gasteiger partial charge is 0.416 e. The SMILES string of the molecule is CCOC(=O)[C@@H](C)C[C@@H](NC(=O)Cc1cc(C(F)(F)F)cc(C(F)(F)F)c1)C(N)=O. The molecule has 0 aromatic heterocycles. The highest BCUT2D eigenvalue weighted by Crippen LogP contribution is 2.36. The number of carbonyl (C=O) groups excluding carboxylic acids is 3. The number of primary amides is 1. The number of ether oxygens (including phenoxy) is 1. The Morgan fingerprint density at radius 1 is 1.03 bits per heavy atom. The Labute approximate surface area is 167 Å². The van der Waals surface area contributed by atoms with Gasteiger partial charge in [-0.1, -0.05) is 6.92 Å². The first-order valence-electron chi connectivity index (χ1n) is 8.68. The molecule has 0 radical (unpaired) electrons. The second-order valence-corrected chi connectivity index (χ2v) is 6.50. The van der Waals surface area contributed by atoms with Crippen molar-refractivity contribution in [2.45, 2.75) is 45.1 Å². The van der Waals surface area contributed by atoms with Crippen LogP contribution in [0.15, 0.2) is 18.2 Å². The number of benzene rings is 1. The van der Waals surface area contributed by atoms with Crippen molar-refractivity contribution in [3.8, 4) is 0 Å². The number of alkyl halides is 6. The highest BCUT2D eigenvalue weighted by molar-refractivity contribution is 5.88. The normalized spacial score (nSPS) is 14.0. The first-order chi connectivity index (χ1) is 13.6. The third kappa shape index (κ3) is 7.56. The Morgan fingerprint density at radius 2 is 1.53 bits per heavy atom. The van der Waals surface area contributed by atoms with E-state index in [4.69, 9.17) is 10.5 Å². The highest BCUT2D eigenvalue weighted by atomic mass is 19.4. The molecule has 12 heteroatoms. The summed E-state index contributed by atoms with van der Waals surface area (Å²) in [5.41, 5.74) is 1.47. The molecule has 1 aromatic carbocycles. The molecule has 0 spiro atoms. The van der Waals surface area contributed by atoms with Gasteiger partial charge in [0.05, 0.1) is 30.1 Å². The third-order valence-corrected chi connectivity index (χ3v) is 3.97. The number of halogens is 6. The number of nitrogens with two attached hydrogens (primary N) is 1. The van der Waals surface area contributed by atoms with Gasteiger partial charge < -0.3 is 15.8 Å². The van der Waals surface area contributed by atoms with E-state index in [-0.39, 0.29) is 19.1 Å². The van der Waals surface area contributed by atoms with Gasteiger partial charge in [0.2, 0.25) is 11.8 Å². The molecule has 30 heavy (non-hydrogen) atoms. The Kier molecular flexibility index (Phi) is 8.25. The van der Waals surface area contributed by atoms with Crippen LogP contribution in [0.2, 0.25) is 0 Å². The van der Waals surface area contributed by atoms with Gasteiger partial charge >= 0.3 is 18.3 Å². The number of rotatable bonds is 8. The summed E-state index contributed by atoms with van der Waals surface area (Å²) in [5, 5.41) is 2.13. The molecule has 0 saturated heterocycles. The fourth-order valence-electron chi connectivity index (χ4n) is 2.53. The van der Waals surface area contributed by atoms with E-state index in [1.54, 1.807) is 6.92 Å². The van der Waals surface area contributed by atoms with Gasteiger partial charge in [0.1, 0.15) is 6.04 Å². The maximum absolute atomic E-state index is 12.9. The zero-order chi connectivity index (χ0) is 23.3. The summed E-state index contributed by atoms with van der Waals surface area (Å²) >= 11 is 0. The van der Waals surface area contributed by atoms with Crippen molar-refractivity contribution in [2.24, 2.45) is 11.7 Å². The van der Waals surface area contributed by atoms with Crippen molar-refractivity contribution >= 4 is 17.8 Å². The van der Waals surface area contributed by atoms with Crippen LogP contribution in [-0.4, -0.2) is 30.4 Å². The number of esters is 1. The molecule has 0 unspecified atom stereocenters. The molecule has 3 N–H and O–H groups in total. The second-order valence-electron chi connectivity index (χ2n) is 6.50. The molecule has 1 aromatic rings. The molecule has 0 fully saturated rings. The maximum atomic E-state index is 12.9. The molecule has 2 atom stereocenters. The molecule has 0 aliphatic heterocycles. The number of hydrogen-bond acceptors (Lipinski definition) is 4. The first-order valence-corrected chi connectivity index (χ1v) is 8.68. The number of carbonyl (C=O) groups is 3. The quantitative estimate of drug-likeness (QED) is 0.478. The van der Waals surface area contributed by atoms with Crippen molar-refractivity contribution in [3.63, 3.8) is 0 Å². The summed E-state index contributed by atoms with van der Waals surface area (Å²) in [4.78, 5) is 35.3. The van der Waals surface area contributed by atoms with Crippen LogP contribution in [0.4, 0.5) is 26.3 Å². The lowest BCUT2D eigenvalue weighted by Crippen LogP contribution is -2.46. The lowest BCUT2D eigenvalue weighted by Gasteiger charge is -2.19. The van der Waals surface area contributed by atoms with Gasteiger partial charge in [-0.2, -0.15) is 26.3 Å². The Balaban J connectivity index is 3.02. The lowest BCUT2D eigenvalue weighted by molar-refractivity contribution is -0.148. The molecule has 0 saturated carbocycles. The summed E-state index contributed by atoms with van der Waals surface area (Å²) in [6.07, 6.45) is -11.2. The molecule has 0 aliphatic carbocycles. The lowest BCUT2D eigenvalue weighted by atomic mass is 10.00. The van der Waals surface area contributed by atoms with E-state index in [9.17, 15) is 40.7 Å². The molecule has 6 nitrogen and oxygen atoms in total. The molecule has 1 rings (SSSR count). The van der Waals surface area contributed by atoms with Crippen LogP contribution in [0.3, 0.4) is 0 Å². The Bertz CT molecular complexity index is 760. The van der Waals surface area contributed by atoms with E-state index in [0.29, 0.717) is 12.1 Å². The molecule has 168 valence electrons. The van der Waals surface area contributed by atoms with Gasteiger partial charge in [-0.25, -0.2) is 0 Å². The summed E-state index contributed by atoms with van der Waals surface area (Å²) in [6, 6.07) is -0.607. The zero-order valence-corrected chi connectivity index (χ0v) is 16.0. The largest absolute Gasteiger partial charge is 0.466 e. The van der Waals surface area contributed by atoms with E-state index < -0.39 is 65.2 Å². The van der Waals surface area contributed by atoms with Crippen LogP contribution in [0.5, 0.6) is 0 Å². The van der Waals surface area contributed by atoms with Crippen LogP contribution in [-0.2, 0) is 37.9 Å². The maximum Gasteiger partial charge on any atom is 0.416 e. The predicted octanol–water partition coefficient (Wildman–Crippen LogP) is 2.83. The number of amides is 2. The van der Waals surface area contributed by atoms with Crippen LogP contribution < -0.4 is 11.1 Å². The van der Waals surface area contributed by atoms with Crippen LogP contribution in [0.1, 0.15) is 37.0 Å². The highest BCUT2D eigenvalue weighted by Gasteiger charge is 2.37. The Hall–Kier alpha value is -2.79. The van der Waals surface area contributed by atoms with Crippen LogP contribution in [0.25, 0.3) is 0 Å². The van der Waals surface area contributed by atoms with Gasteiger partial charge in [-0.05, 0) is 37.1 Å². The second kappa shape index (κ2) is 9.81. The minimum Gasteiger partial charge on any atom is -0.466 e. The van der Waals surface area contributed by atoms with Gasteiger partial charge in [-0.3, -0.25) is 14.4 Å². The van der Waals surface area contributed by atoms with E-state index >= 15 is 0 Å². The van der Waals surface area contributed by atoms with E-state index in [1.807, 2.05) is 0 Å². The molecule has 0 aliphatic rings. The van der Waals surface area contributed by atoms with Crippen molar-refractivity contribution in [2.75, 3.05) is 6.61 Å². The predicted molar refractivity (Wildman–Crippen MR) is 91.7 cm³/mol. The third-order valence-electron chi connectivity index (χ3n) is 3.97. The van der Waals surface area contributed by atoms with Gasteiger partial charge in [0, 0.05) is 0 Å². The van der Waals surface area contributed by atoms with Crippen LogP contribution in [0, 0.1) is 5.92 Å².